The Morgan fingerprint density at radius 1 is 1.35 bits per heavy atom. The summed E-state index contributed by atoms with van der Waals surface area (Å²) in [7, 11) is 0. The quantitative estimate of drug-likeness (QED) is 0.859. The van der Waals surface area contributed by atoms with Gasteiger partial charge in [0.2, 0.25) is 0 Å². The van der Waals surface area contributed by atoms with Gasteiger partial charge in [0, 0.05) is 17.9 Å². The van der Waals surface area contributed by atoms with Gasteiger partial charge < -0.3 is 15.6 Å². The van der Waals surface area contributed by atoms with E-state index in [9.17, 15) is 5.11 Å². The van der Waals surface area contributed by atoms with Crippen molar-refractivity contribution in [2.45, 2.75) is 38.2 Å². The Kier molecular flexibility index (Phi) is 5.19. The second-order valence-corrected chi connectivity index (χ2v) is 6.30. The Morgan fingerprint density at radius 2 is 2.05 bits per heavy atom. The van der Waals surface area contributed by atoms with Crippen LogP contribution in [0, 0.1) is 11.8 Å². The molecule has 1 aromatic carbocycles. The maximum atomic E-state index is 9.85. The molecule has 112 valence electrons. The summed E-state index contributed by atoms with van der Waals surface area (Å²) in [5.41, 5.74) is 5.41. The maximum absolute atomic E-state index is 9.85. The molecule has 0 aliphatic carbocycles. The second kappa shape index (κ2) is 6.70. The molecule has 3 nitrogen and oxygen atoms in total. The first-order chi connectivity index (χ1) is 9.64. The average molecular weight is 278 g/mol. The van der Waals surface area contributed by atoms with Crippen molar-refractivity contribution in [2.75, 3.05) is 19.8 Å². The Morgan fingerprint density at radius 3 is 2.60 bits per heavy atom. The zero-order chi connectivity index (χ0) is 14.6. The van der Waals surface area contributed by atoms with Crippen molar-refractivity contribution >= 4 is 0 Å². The summed E-state index contributed by atoms with van der Waals surface area (Å²) in [6.07, 6.45) is 2.22. The fraction of sp³-hybridized carbons (Fsp3) is 0.647. The molecule has 3 heteroatoms. The number of hydrogen-bond donors (Lipinski definition) is 2. The minimum atomic E-state index is 0.00491. The van der Waals surface area contributed by atoms with Gasteiger partial charge in [0.05, 0.1) is 19.3 Å². The molecule has 0 amide bonds. The number of benzene rings is 1. The maximum Gasteiger partial charge on any atom is 0.0799 e. The van der Waals surface area contributed by atoms with Crippen LogP contribution in [0.4, 0.5) is 0 Å². The Balaban J connectivity index is 2.39. The monoisotopic (exact) mass is 278 g/mol. The normalized spacial score (nSPS) is 28.6. The predicted octanol–water partition coefficient (Wildman–Crippen LogP) is 1.61. The van der Waals surface area contributed by atoms with Gasteiger partial charge in [0.1, 0.15) is 0 Å². The minimum Gasteiger partial charge on any atom is -0.396 e. The third kappa shape index (κ3) is 2.90. The second-order valence-electron chi connectivity index (χ2n) is 6.30. The van der Waals surface area contributed by atoms with Gasteiger partial charge >= 0.3 is 0 Å². The van der Waals surface area contributed by atoms with E-state index in [1.807, 2.05) is 0 Å². The van der Waals surface area contributed by atoms with Gasteiger partial charge in [0.15, 0.2) is 0 Å². The Bertz CT molecular complexity index is 403. The number of aliphatic hydroxyl groups is 1. The van der Waals surface area contributed by atoms with Gasteiger partial charge in [-0.05, 0) is 24.3 Å². The lowest BCUT2D eigenvalue weighted by Crippen LogP contribution is -2.60. The van der Waals surface area contributed by atoms with E-state index in [-0.39, 0.29) is 24.0 Å². The molecular weight excluding hydrogens is 250 g/mol. The van der Waals surface area contributed by atoms with E-state index in [1.165, 1.54) is 5.56 Å². The largest absolute Gasteiger partial charge is 0.396 e. The summed E-state index contributed by atoms with van der Waals surface area (Å²) in [6, 6.07) is 10.6. The fourth-order valence-corrected chi connectivity index (χ4v) is 3.52. The van der Waals surface area contributed by atoms with E-state index < -0.39 is 0 Å². The smallest absolute Gasteiger partial charge is 0.0799 e. The highest BCUT2D eigenvalue weighted by Crippen LogP contribution is 2.44. The lowest BCUT2D eigenvalue weighted by Gasteiger charge is -2.46. The van der Waals surface area contributed by atoms with Gasteiger partial charge in [-0.15, -0.1) is 0 Å². The number of rotatable bonds is 5. The van der Waals surface area contributed by atoms with Gasteiger partial charge in [-0.1, -0.05) is 44.2 Å². The van der Waals surface area contributed by atoms with Crippen molar-refractivity contribution in [1.82, 2.24) is 0 Å². The van der Waals surface area contributed by atoms with E-state index in [1.54, 1.807) is 0 Å². The Hall–Kier alpha value is -0.900. The van der Waals surface area contributed by atoms with Gasteiger partial charge in [0.25, 0.3) is 0 Å². The van der Waals surface area contributed by atoms with Crippen molar-refractivity contribution in [2.24, 2.45) is 11.8 Å². The van der Waals surface area contributed by atoms with Crippen LogP contribution in [-0.4, -0.2) is 31.0 Å². The van der Waals surface area contributed by atoms with Crippen LogP contribution in [0.25, 0.3) is 0 Å². The molecule has 1 aromatic rings. The molecule has 1 fully saturated rings. The SMILES string of the molecule is CC(C)[C@H]1C[C@](c2ccccc2)([C@H](C[NH3+])CO)CCO1. The van der Waals surface area contributed by atoms with Crippen molar-refractivity contribution in [3.05, 3.63) is 35.9 Å². The molecule has 2 rings (SSSR count). The molecule has 0 saturated carbocycles. The third-order valence-electron chi connectivity index (χ3n) is 4.89. The van der Waals surface area contributed by atoms with Gasteiger partial charge in [-0.3, -0.25) is 0 Å². The zero-order valence-electron chi connectivity index (χ0n) is 12.7. The first-order valence-electron chi connectivity index (χ1n) is 7.71. The number of aliphatic hydroxyl groups excluding tert-OH is 1. The van der Waals surface area contributed by atoms with Crippen molar-refractivity contribution in [1.29, 1.82) is 0 Å². The standard InChI is InChI=1S/C17H27NO2/c1-13(2)16-10-17(8-9-20-16,15(11-18)12-19)14-6-4-3-5-7-14/h3-7,13,15-16,19H,8-12,18H2,1-2H3/p+1/t15-,16-,17-/m1/s1. The van der Waals surface area contributed by atoms with E-state index in [4.69, 9.17) is 4.74 Å². The van der Waals surface area contributed by atoms with Crippen LogP contribution in [0.1, 0.15) is 32.3 Å². The minimum absolute atomic E-state index is 0.00491. The average Bonchev–Trinajstić information content (AvgIpc) is 2.49. The van der Waals surface area contributed by atoms with Crippen molar-refractivity contribution in [3.8, 4) is 0 Å². The van der Waals surface area contributed by atoms with Crippen LogP contribution in [0.3, 0.4) is 0 Å². The van der Waals surface area contributed by atoms with Gasteiger partial charge in [-0.2, -0.15) is 0 Å². The topological polar surface area (TPSA) is 57.1 Å². The molecule has 4 N–H and O–H groups in total. The summed E-state index contributed by atoms with van der Waals surface area (Å²) in [5, 5.41) is 9.85. The molecule has 0 bridgehead atoms. The number of ether oxygens (including phenoxy) is 1. The highest BCUT2D eigenvalue weighted by Gasteiger charge is 2.45. The van der Waals surface area contributed by atoms with Crippen LogP contribution in [0.2, 0.25) is 0 Å². The molecule has 3 atom stereocenters. The first kappa shape index (κ1) is 15.5. The number of hydrogen-bond acceptors (Lipinski definition) is 2. The van der Waals surface area contributed by atoms with E-state index >= 15 is 0 Å². The molecule has 1 saturated heterocycles. The lowest BCUT2D eigenvalue weighted by atomic mass is 9.63. The molecular formula is C17H28NO2+. The van der Waals surface area contributed by atoms with Crippen LogP contribution in [-0.2, 0) is 10.2 Å². The van der Waals surface area contributed by atoms with E-state index in [2.05, 4.69) is 49.9 Å². The molecule has 0 spiro atoms. The summed E-state index contributed by atoms with van der Waals surface area (Å²) in [5.74, 6) is 0.706. The molecule has 1 aliphatic rings. The molecule has 1 heterocycles. The highest BCUT2D eigenvalue weighted by molar-refractivity contribution is 5.28. The molecule has 0 unspecified atom stereocenters. The fourth-order valence-electron chi connectivity index (χ4n) is 3.52. The number of quaternary nitrogens is 1. The van der Waals surface area contributed by atoms with Gasteiger partial charge in [-0.25, -0.2) is 0 Å². The summed E-state index contributed by atoms with van der Waals surface area (Å²) >= 11 is 0. The summed E-state index contributed by atoms with van der Waals surface area (Å²) in [6.45, 7) is 6.15. The molecule has 20 heavy (non-hydrogen) atoms. The summed E-state index contributed by atoms with van der Waals surface area (Å²) < 4.78 is 5.95. The van der Waals surface area contributed by atoms with Crippen LogP contribution in [0.5, 0.6) is 0 Å². The van der Waals surface area contributed by atoms with Crippen LogP contribution >= 0.6 is 0 Å². The van der Waals surface area contributed by atoms with Crippen LogP contribution < -0.4 is 5.73 Å². The van der Waals surface area contributed by atoms with E-state index in [0.717, 1.165) is 26.0 Å². The molecule has 1 aliphatic heterocycles. The Labute approximate surface area is 122 Å². The van der Waals surface area contributed by atoms with Crippen molar-refractivity contribution < 1.29 is 15.6 Å². The first-order valence-corrected chi connectivity index (χ1v) is 7.71. The third-order valence-corrected chi connectivity index (χ3v) is 4.89. The van der Waals surface area contributed by atoms with Crippen molar-refractivity contribution in [3.63, 3.8) is 0 Å². The molecule has 0 aromatic heterocycles. The summed E-state index contributed by atoms with van der Waals surface area (Å²) in [4.78, 5) is 0. The highest BCUT2D eigenvalue weighted by atomic mass is 16.5. The van der Waals surface area contributed by atoms with E-state index in [0.29, 0.717) is 5.92 Å². The lowest BCUT2D eigenvalue weighted by molar-refractivity contribution is -0.386. The van der Waals surface area contributed by atoms with Crippen LogP contribution in [0.15, 0.2) is 30.3 Å². The zero-order valence-corrected chi connectivity index (χ0v) is 12.7. The predicted molar refractivity (Wildman–Crippen MR) is 80.3 cm³/mol. The molecule has 0 radical (unpaired) electrons.